The molecule has 0 aliphatic carbocycles. The number of nitrogens with zero attached hydrogens (tertiary/aromatic N) is 7. The molecule has 0 amide bonds. The van der Waals surface area contributed by atoms with Crippen molar-refractivity contribution in [2.75, 3.05) is 0 Å². The number of aromatic nitrogens is 7. The van der Waals surface area contributed by atoms with Crippen LogP contribution in [0.3, 0.4) is 0 Å². The summed E-state index contributed by atoms with van der Waals surface area (Å²) in [7, 11) is -1.61. The molecule has 0 bridgehead atoms. The highest BCUT2D eigenvalue weighted by molar-refractivity contribution is 7.28. The summed E-state index contributed by atoms with van der Waals surface area (Å²) < 4.78 is 16.3. The molecule has 23 rings (SSSR count). The summed E-state index contributed by atoms with van der Waals surface area (Å²) in [6, 6.07) is 116. The Kier molecular flexibility index (Phi) is 13.7. The zero-order valence-corrected chi connectivity index (χ0v) is 59.0. The van der Waals surface area contributed by atoms with Crippen molar-refractivity contribution in [3.63, 3.8) is 0 Å². The second kappa shape index (κ2) is 23.9. The fraction of sp³-hybridized carbons (Fsp3) is 0. The van der Waals surface area contributed by atoms with Gasteiger partial charge in [-0.3, -0.25) is 0 Å². The number of thiophene rings is 3. The zero-order chi connectivity index (χ0) is 69.8. The Bertz CT molecular complexity index is 7390. The van der Waals surface area contributed by atoms with Crippen molar-refractivity contribution in [3.8, 4) is 56.9 Å². The zero-order valence-electron chi connectivity index (χ0n) is 56.5. The first-order valence-electron chi connectivity index (χ1n) is 35.4. The van der Waals surface area contributed by atoms with Crippen LogP contribution in [0.15, 0.2) is 328 Å². The molecule has 8 aromatic heterocycles. The van der Waals surface area contributed by atoms with E-state index in [-0.39, 0.29) is 0 Å². The molecule has 0 saturated carbocycles. The van der Waals surface area contributed by atoms with Gasteiger partial charge < -0.3 is 28.3 Å². The number of benzene rings is 15. The van der Waals surface area contributed by atoms with Crippen molar-refractivity contribution in [3.05, 3.63) is 328 Å². The molecule has 0 saturated heterocycles. The predicted octanol–water partition coefficient (Wildman–Crippen LogP) is 23.7. The molecular formula is C93H56BN7O2S3. The van der Waals surface area contributed by atoms with Gasteiger partial charge in [-0.1, -0.05) is 218 Å². The summed E-state index contributed by atoms with van der Waals surface area (Å²) in [5, 5.41) is 37.9. The van der Waals surface area contributed by atoms with Crippen molar-refractivity contribution in [2.45, 2.75) is 0 Å². The molecule has 0 radical (unpaired) electrons. The van der Waals surface area contributed by atoms with Crippen LogP contribution in [0.4, 0.5) is 0 Å². The molecule has 13 heteroatoms. The Morgan fingerprint density at radius 1 is 0.236 bits per heavy atom. The van der Waals surface area contributed by atoms with E-state index in [2.05, 4.69) is 322 Å². The monoisotopic (exact) mass is 1410 g/mol. The minimum absolute atomic E-state index is 0.513. The topological polar surface area (TPSA) is 98.9 Å². The largest absolute Gasteiger partial charge is 0.489 e. The van der Waals surface area contributed by atoms with Gasteiger partial charge in [-0.15, -0.1) is 34.0 Å². The van der Waals surface area contributed by atoms with Gasteiger partial charge in [0.15, 0.2) is 17.5 Å². The highest BCUT2D eigenvalue weighted by atomic mass is 32.1. The van der Waals surface area contributed by atoms with Crippen molar-refractivity contribution in [1.29, 1.82) is 0 Å². The van der Waals surface area contributed by atoms with E-state index < -0.39 is 7.12 Å². The second-order valence-corrected chi connectivity index (χ2v) is 30.3. The van der Waals surface area contributed by atoms with E-state index in [1.807, 2.05) is 46.9 Å². The summed E-state index contributed by atoms with van der Waals surface area (Å²) in [5.41, 5.74) is 16.7. The summed E-state index contributed by atoms with van der Waals surface area (Å²) in [6.07, 6.45) is 0. The first-order chi connectivity index (χ1) is 52.4. The number of hydrogen-bond donors (Lipinski definition) is 2. The third-order valence-corrected chi connectivity index (χ3v) is 25.0. The predicted molar refractivity (Wildman–Crippen MR) is 448 cm³/mol. The SMILES string of the molecule is OB(O)c1cc(-n2c3ccccc3c3ccccc32)cc2c1sc1c(-n3c4ccccc4c4ccccc43)cccc12.c1ccc(-c2nc(-c3ccc4sc5ccccc5c4c3)nc(-c3cc(-n4c5ccccc5c5ccccc54)cc4c3sc3c(-n5c6ccccc6c6ccccc65)cccc34)n2)cc1. The summed E-state index contributed by atoms with van der Waals surface area (Å²) in [5.74, 6) is 1.92. The molecule has 106 heavy (non-hydrogen) atoms. The van der Waals surface area contributed by atoms with Gasteiger partial charge in [0.1, 0.15) is 0 Å². The van der Waals surface area contributed by atoms with Crippen LogP contribution >= 0.6 is 34.0 Å². The van der Waals surface area contributed by atoms with Gasteiger partial charge in [-0.05, 0) is 109 Å². The lowest BCUT2D eigenvalue weighted by molar-refractivity contribution is 0.426. The molecule has 496 valence electrons. The van der Waals surface area contributed by atoms with Crippen molar-refractivity contribution < 1.29 is 10.0 Å². The minimum atomic E-state index is -1.61. The fourth-order valence-electron chi connectivity index (χ4n) is 16.7. The van der Waals surface area contributed by atoms with Crippen LogP contribution in [0.2, 0.25) is 0 Å². The maximum Gasteiger partial charge on any atom is 0.489 e. The van der Waals surface area contributed by atoms with E-state index in [0.717, 1.165) is 103 Å². The smallest absolute Gasteiger partial charge is 0.423 e. The van der Waals surface area contributed by atoms with E-state index in [1.165, 1.54) is 84.4 Å². The lowest BCUT2D eigenvalue weighted by atomic mass is 9.79. The first kappa shape index (κ1) is 60.7. The van der Waals surface area contributed by atoms with Gasteiger partial charge in [-0.25, -0.2) is 15.0 Å². The average Bonchev–Trinajstić information content (AvgIpc) is 1.57. The normalized spacial score (nSPS) is 12.1. The van der Waals surface area contributed by atoms with Crippen LogP contribution < -0.4 is 5.46 Å². The molecule has 2 N–H and O–H groups in total. The molecule has 0 unspecified atom stereocenters. The first-order valence-corrected chi connectivity index (χ1v) is 37.9. The molecule has 8 heterocycles. The summed E-state index contributed by atoms with van der Waals surface area (Å²) in [6.45, 7) is 0. The lowest BCUT2D eigenvalue weighted by Gasteiger charge is -2.13. The fourth-order valence-corrected chi connectivity index (χ4v) is 20.4. The van der Waals surface area contributed by atoms with Crippen LogP contribution in [0.25, 0.3) is 205 Å². The van der Waals surface area contributed by atoms with Gasteiger partial charge in [-0.2, -0.15) is 0 Å². The number of hydrogen-bond acceptors (Lipinski definition) is 8. The Labute approximate surface area is 617 Å². The number of fused-ring (bicyclic) bond motifs is 21. The van der Waals surface area contributed by atoms with Crippen LogP contribution in [0.1, 0.15) is 0 Å². The van der Waals surface area contributed by atoms with E-state index in [0.29, 0.717) is 22.9 Å². The molecule has 0 aliphatic rings. The molecule has 9 nitrogen and oxygen atoms in total. The molecule has 23 aromatic rings. The molecule has 0 fully saturated rings. The Morgan fingerprint density at radius 2 is 0.594 bits per heavy atom. The van der Waals surface area contributed by atoms with Crippen molar-refractivity contribution in [1.82, 2.24) is 33.2 Å². The van der Waals surface area contributed by atoms with Gasteiger partial charge in [0.25, 0.3) is 0 Å². The third-order valence-electron chi connectivity index (χ3n) is 21.3. The number of para-hydroxylation sites is 8. The van der Waals surface area contributed by atoms with E-state index >= 15 is 0 Å². The van der Waals surface area contributed by atoms with Crippen LogP contribution in [-0.4, -0.2) is 50.4 Å². The molecule has 0 atom stereocenters. The van der Waals surface area contributed by atoms with Crippen LogP contribution in [-0.2, 0) is 0 Å². The van der Waals surface area contributed by atoms with Gasteiger partial charge >= 0.3 is 7.12 Å². The van der Waals surface area contributed by atoms with Crippen molar-refractivity contribution >= 4 is 194 Å². The standard InChI is InChI=1S/C57H33N5S2.C36H23BN2O2S/c1-2-15-34(16-3-1)55-58-56(35-29-30-52-43(31-35)41-21-8-13-28-51(41)63-52)60-57(59-55)45-33-36(61-46-23-9-4-17-37(46)38-18-5-10-24-47(38)61)32-44-42-22-14-27-50(54(42)64-53(44)45)62-48-25-11-6-19-39(48)40-20-7-12-26-49(40)62;40-37(41)29-21-22(38-30-15-5-1-10-23(30)24-11-2-6-16-31(24)38)20-28-27-14-9-19-34(36(27)42-35(28)29)39-32-17-7-3-12-25(32)26-13-4-8-18-33(26)39/h1-33H;1-21,40-41H. The maximum atomic E-state index is 10.7. The number of rotatable bonds is 8. The Morgan fingerprint density at radius 3 is 1.06 bits per heavy atom. The molecular weight excluding hydrogens is 1350 g/mol. The van der Waals surface area contributed by atoms with Crippen LogP contribution in [0, 0.1) is 0 Å². The van der Waals surface area contributed by atoms with Gasteiger partial charge in [0.2, 0.25) is 0 Å². The Balaban J connectivity index is 0.000000144. The Hall–Kier alpha value is -12.8. The highest BCUT2D eigenvalue weighted by Crippen LogP contribution is 2.48. The quantitative estimate of drug-likeness (QED) is 0.148. The molecule has 0 spiro atoms. The van der Waals surface area contributed by atoms with Gasteiger partial charge in [0.05, 0.1) is 64.9 Å². The van der Waals surface area contributed by atoms with Crippen LogP contribution in [0.5, 0.6) is 0 Å². The average molecular weight is 1410 g/mol. The van der Waals surface area contributed by atoms with E-state index in [9.17, 15) is 10.0 Å². The van der Waals surface area contributed by atoms with Crippen molar-refractivity contribution in [2.24, 2.45) is 0 Å². The van der Waals surface area contributed by atoms with Gasteiger partial charge in [0, 0.05) is 128 Å². The lowest BCUT2D eigenvalue weighted by Crippen LogP contribution is -2.30. The summed E-state index contributed by atoms with van der Waals surface area (Å²) >= 11 is 5.25. The third kappa shape index (κ3) is 9.24. The maximum absolute atomic E-state index is 10.7. The van der Waals surface area contributed by atoms with E-state index in [1.54, 1.807) is 11.3 Å². The summed E-state index contributed by atoms with van der Waals surface area (Å²) in [4.78, 5) is 16.1. The minimum Gasteiger partial charge on any atom is -0.423 e. The molecule has 15 aromatic carbocycles. The van der Waals surface area contributed by atoms with E-state index in [4.69, 9.17) is 15.0 Å². The molecule has 0 aliphatic heterocycles. The highest BCUT2D eigenvalue weighted by Gasteiger charge is 2.27. The second-order valence-electron chi connectivity index (χ2n) is 27.1.